The van der Waals surface area contributed by atoms with Crippen LogP contribution in [-0.4, -0.2) is 194 Å². The van der Waals surface area contributed by atoms with E-state index in [1.807, 2.05) is 29.6 Å². The molecule has 0 bridgehead atoms. The van der Waals surface area contributed by atoms with Gasteiger partial charge in [-0.2, -0.15) is 4.99 Å². The van der Waals surface area contributed by atoms with Crippen LogP contribution in [0.2, 0.25) is 0 Å². The van der Waals surface area contributed by atoms with E-state index in [2.05, 4.69) is 83.1 Å². The molecule has 1 aromatic heterocycles. The van der Waals surface area contributed by atoms with E-state index in [1.54, 1.807) is 40.9 Å². The number of carbonyl (C=O) groups is 12. The van der Waals surface area contributed by atoms with Crippen molar-refractivity contribution in [3.8, 4) is 0 Å². The summed E-state index contributed by atoms with van der Waals surface area (Å²) in [6.07, 6.45) is 10.4. The normalized spacial score (nSPS) is 15.5. The first-order valence-corrected chi connectivity index (χ1v) is 28.6. The molecule has 37 nitrogen and oxygen atoms in total. The number of hydrogen-bond donors (Lipinski definition) is 19. The number of nitrogens with zero attached hydrogens (tertiary/aromatic N) is 5. The molecule has 0 spiro atoms. The number of aliphatic imine (C=N–C) groups is 4. The lowest BCUT2D eigenvalue weighted by Gasteiger charge is -2.31. The molecule has 0 aliphatic carbocycles. The van der Waals surface area contributed by atoms with E-state index in [1.165, 1.54) is 0 Å². The minimum Gasteiger partial charge on any atom is -0.859 e. The number of unbranched alkanes of at least 4 members (excludes halogenated alkanes) is 1. The zero-order valence-corrected chi connectivity index (χ0v) is 51.5. The number of aliphatic hydroxyl groups is 4. The SMILES string of the molecule is CN[C@@H](Cc1c[nH]c2ccccc12)C(=O)NC=C(O)N=CC(=O)NC=C([O-])N1CCC[C@H]1C(=O)NC=C(O)N=CC(=O)N[CH]C(=O)N[C@H](C(=O)N[C@H](C(=O)NC=C(O)[NH+]=CC(=O)NC=C(O)N=CC(=O)N=CC(=O)NCC(=O)N[C@@H](CCCCN)C(=O)O)C(C)C)C(C)C. The zero-order valence-electron chi connectivity index (χ0n) is 51.5. The monoisotopic (exact) mass is 1310 g/mol. The maximum atomic E-state index is 13.4. The van der Waals surface area contributed by atoms with Crippen LogP contribution in [0.4, 0.5) is 0 Å². The number of likely N-dealkylation sites (tertiary alicyclic amines) is 1. The number of aromatic amines is 1. The third kappa shape index (κ3) is 28.5. The van der Waals surface area contributed by atoms with Crippen molar-refractivity contribution in [2.45, 2.75) is 96.4 Å². The zero-order chi connectivity index (χ0) is 69.9. The number of likely N-dealkylation sites (N-methyl/N-ethyl adjacent to an activating group) is 1. The largest absolute Gasteiger partial charge is 0.859 e. The van der Waals surface area contributed by atoms with Crippen LogP contribution < -0.4 is 74.3 Å². The van der Waals surface area contributed by atoms with Crippen molar-refractivity contribution in [2.24, 2.45) is 37.5 Å². The van der Waals surface area contributed by atoms with Crippen LogP contribution in [0.3, 0.4) is 0 Å². The molecular weight excluding hydrogens is 1240 g/mol. The van der Waals surface area contributed by atoms with Gasteiger partial charge in [-0.3, -0.25) is 52.7 Å². The van der Waals surface area contributed by atoms with Crippen LogP contribution in [-0.2, 0) is 64.0 Å². The molecule has 1 aliphatic rings. The second-order valence-electron chi connectivity index (χ2n) is 20.6. The average molecular weight is 1320 g/mol. The van der Waals surface area contributed by atoms with Gasteiger partial charge in [0, 0.05) is 29.8 Å². The van der Waals surface area contributed by atoms with Gasteiger partial charge in [0.25, 0.3) is 23.6 Å². The summed E-state index contributed by atoms with van der Waals surface area (Å²) in [6.45, 7) is 6.73. The number of aliphatic hydroxyl groups excluding tert-OH is 4. The third-order valence-corrected chi connectivity index (χ3v) is 12.8. The van der Waals surface area contributed by atoms with Crippen molar-refractivity contribution < 1.29 is 93.2 Å². The number of hydrogen-bond acceptors (Lipinski definition) is 23. The Morgan fingerprint density at radius 1 is 0.670 bits per heavy atom. The fourth-order valence-corrected chi connectivity index (χ4v) is 7.99. The standard InChI is InChI=1S/C57H76N19O18/c1-31(2)51(55(91)72-27-47(85)65-21-41(79)62-19-39(77)61-20-40(78)63-22-42(80)67-28-48(86)73-36(57(93)94)13-8-9-15-58)75-56(92)52(32(3)4)74-49(87)29-68-43(81)23-64-46(84)26-71-54(90)38-14-10-16-76(38)50(88)30-69-44(82)24-66-45(83)25-70-53(89)37(59-5)17-33-18-60-35-12-7-6-11-34(33)35/h6-7,11-12,18-27,29-32,36-38,51-52,59-60,77,83-85,88H,8-10,13-17,28,58H2,1-5H3,(H,62,79)(H,67,80)(H,68,81)(H,69,82)(H,70,89)(H,71,90)(H,72,91)(H,73,86)(H,74,87)(H,75,92)(H,93,94)/t36-,37-,38-,51-,52-/m0/s1. The Bertz CT molecular complexity index is 3380. The lowest BCUT2D eigenvalue weighted by Crippen LogP contribution is -2.69. The van der Waals surface area contributed by atoms with Gasteiger partial charge in [-0.05, 0) is 81.5 Å². The van der Waals surface area contributed by atoms with E-state index >= 15 is 0 Å². The molecule has 1 aromatic carbocycles. The van der Waals surface area contributed by atoms with Crippen molar-refractivity contribution >= 4 is 113 Å². The summed E-state index contributed by atoms with van der Waals surface area (Å²) in [5.74, 6) is -16.5. The van der Waals surface area contributed by atoms with Crippen LogP contribution in [0.5, 0.6) is 0 Å². The van der Waals surface area contributed by atoms with Crippen LogP contribution in [0, 0.1) is 18.4 Å². The van der Waals surface area contributed by atoms with Gasteiger partial charge in [0.05, 0.1) is 56.0 Å². The van der Waals surface area contributed by atoms with Crippen molar-refractivity contribution in [1.82, 2.24) is 68.4 Å². The highest BCUT2D eigenvalue weighted by atomic mass is 16.4. The molecule has 20 N–H and O–H groups in total. The second-order valence-corrected chi connectivity index (χ2v) is 20.6. The molecule has 37 heteroatoms. The topological polar surface area (TPSA) is 570 Å². The van der Waals surface area contributed by atoms with Crippen molar-refractivity contribution in [1.29, 1.82) is 0 Å². The summed E-state index contributed by atoms with van der Waals surface area (Å²) in [5.41, 5.74) is 7.18. The molecule has 0 saturated carbocycles. The summed E-state index contributed by atoms with van der Waals surface area (Å²) in [4.78, 5) is 169. The molecule has 3 rings (SSSR count). The van der Waals surface area contributed by atoms with Gasteiger partial charge in [-0.15, -0.1) is 0 Å². The lowest BCUT2D eigenvalue weighted by molar-refractivity contribution is -0.429. The third-order valence-electron chi connectivity index (χ3n) is 12.8. The Balaban J connectivity index is 1.41. The number of fused-ring (bicyclic) bond motifs is 1. The molecule has 1 radical (unpaired) electrons. The van der Waals surface area contributed by atoms with Crippen molar-refractivity contribution in [3.63, 3.8) is 0 Å². The smallest absolute Gasteiger partial charge is 0.380 e. The van der Waals surface area contributed by atoms with Gasteiger partial charge in [0.1, 0.15) is 36.9 Å². The van der Waals surface area contributed by atoms with Crippen LogP contribution in [0.25, 0.3) is 10.9 Å². The van der Waals surface area contributed by atoms with Crippen molar-refractivity contribution in [3.05, 3.63) is 103 Å². The van der Waals surface area contributed by atoms with E-state index in [-0.39, 0.29) is 19.4 Å². The van der Waals surface area contributed by atoms with E-state index in [4.69, 9.17) is 5.73 Å². The number of amides is 11. The first-order chi connectivity index (χ1) is 44.6. The first-order valence-electron chi connectivity index (χ1n) is 28.6. The Morgan fingerprint density at radius 2 is 1.27 bits per heavy atom. The van der Waals surface area contributed by atoms with Gasteiger partial charge in [0.2, 0.25) is 59.3 Å². The molecule has 94 heavy (non-hydrogen) atoms. The summed E-state index contributed by atoms with van der Waals surface area (Å²) < 4.78 is 0. The van der Waals surface area contributed by atoms with Crippen LogP contribution >= 0.6 is 0 Å². The van der Waals surface area contributed by atoms with Gasteiger partial charge in [0.15, 0.2) is 0 Å². The quantitative estimate of drug-likeness (QED) is 0.0172. The number of carboxylic acid groups (broad SMARTS) is 1. The molecule has 11 amide bonds. The van der Waals surface area contributed by atoms with Gasteiger partial charge in [-0.1, -0.05) is 45.9 Å². The molecule has 0 unspecified atom stereocenters. The van der Waals surface area contributed by atoms with Crippen LogP contribution in [0.1, 0.15) is 65.4 Å². The minimum atomic E-state index is -1.29. The Morgan fingerprint density at radius 3 is 1.91 bits per heavy atom. The van der Waals surface area contributed by atoms with E-state index in [0.29, 0.717) is 76.0 Å². The highest BCUT2D eigenvalue weighted by Gasteiger charge is 2.32. The molecule has 507 valence electrons. The number of carboxylic acids is 1. The molecule has 2 aromatic rings. The Kier molecular flexibility index (Phi) is 32.8. The maximum absolute atomic E-state index is 13.4. The fourth-order valence-electron chi connectivity index (χ4n) is 7.99. The van der Waals surface area contributed by atoms with E-state index in [9.17, 15) is 88.2 Å². The first kappa shape index (κ1) is 76.6. The molecule has 1 saturated heterocycles. The Hall–Kier alpha value is -11.6. The lowest BCUT2D eigenvalue weighted by atomic mass is 9.99. The summed E-state index contributed by atoms with van der Waals surface area (Å²) in [5, 5.41) is 88.9. The highest BCUT2D eigenvalue weighted by Crippen LogP contribution is 2.21. The molecule has 2 heterocycles. The van der Waals surface area contributed by atoms with Crippen LogP contribution in [0.15, 0.2) is 111 Å². The predicted molar refractivity (Wildman–Crippen MR) is 334 cm³/mol. The van der Waals surface area contributed by atoms with Gasteiger partial charge >= 0.3 is 17.8 Å². The summed E-state index contributed by atoms with van der Waals surface area (Å²) >= 11 is 0. The Labute approximate surface area is 536 Å². The fraction of sp³-hybridized carbons (Fsp3) is 0.368. The number of H-pyrrole nitrogens is 1. The van der Waals surface area contributed by atoms with E-state index in [0.717, 1.165) is 46.2 Å². The predicted octanol–water partition coefficient (Wildman–Crippen LogP) is -5.73. The minimum absolute atomic E-state index is 0.115. The van der Waals surface area contributed by atoms with E-state index < -0.39 is 149 Å². The number of aliphatic carboxylic acids is 1. The number of para-hydroxylation sites is 1. The molecule has 1 aliphatic heterocycles. The number of rotatable bonds is 36. The molecule has 5 atom stereocenters. The summed E-state index contributed by atoms with van der Waals surface area (Å²) in [7, 11) is 1.60. The average Bonchev–Trinajstić information content (AvgIpc) is 1.69. The molecular formula is C57H76N19O18. The van der Waals surface area contributed by atoms with Gasteiger partial charge in [-0.25, -0.2) is 24.8 Å². The molecule has 1 fully saturated rings. The highest BCUT2D eigenvalue weighted by molar-refractivity contribution is 6.35. The number of nitrogens with one attached hydrogen (secondary N) is 13. The maximum Gasteiger partial charge on any atom is 0.380 e. The number of benzene rings is 1. The number of carbonyl (C=O) groups excluding carboxylic acids is 11. The second kappa shape index (κ2) is 40.2. The van der Waals surface area contributed by atoms with Gasteiger partial charge < -0.3 is 105 Å². The number of nitrogens with two attached hydrogens (primary N) is 1. The van der Waals surface area contributed by atoms with Crippen molar-refractivity contribution in [2.75, 3.05) is 26.7 Å². The summed E-state index contributed by atoms with van der Waals surface area (Å²) in [6, 6.07) is 2.07. The number of aromatic nitrogens is 1.